The molecule has 1 spiro atoms. The molecule has 0 aromatic rings. The average molecular weight is 219 g/mol. The average Bonchev–Trinajstić information content (AvgIpc) is 2.06. The van der Waals surface area contributed by atoms with Gasteiger partial charge in [0.15, 0.2) is 4.83 Å². The standard InChI is InChI=1S/C8H11BrO2/c9-6-7(10)11-8(6)4-2-1-3-5-8/h6H,1-5H2. The summed E-state index contributed by atoms with van der Waals surface area (Å²) < 4.78 is 5.19. The summed E-state index contributed by atoms with van der Waals surface area (Å²) in [5.74, 6) is -0.0769. The minimum Gasteiger partial charge on any atom is -0.456 e. The van der Waals surface area contributed by atoms with Gasteiger partial charge in [-0.2, -0.15) is 0 Å². The van der Waals surface area contributed by atoms with E-state index < -0.39 is 0 Å². The van der Waals surface area contributed by atoms with E-state index in [0.717, 1.165) is 12.8 Å². The number of carbonyl (C=O) groups excluding carboxylic acids is 1. The van der Waals surface area contributed by atoms with E-state index in [4.69, 9.17) is 4.74 Å². The molecule has 1 aliphatic heterocycles. The van der Waals surface area contributed by atoms with E-state index in [2.05, 4.69) is 15.9 Å². The maximum absolute atomic E-state index is 10.8. The Balaban J connectivity index is 2.05. The number of esters is 1. The molecular formula is C8H11BrO2. The van der Waals surface area contributed by atoms with Crippen LogP contribution in [0.4, 0.5) is 0 Å². The Morgan fingerprint density at radius 2 is 2.00 bits per heavy atom. The Bertz CT molecular complexity index is 185. The first kappa shape index (κ1) is 7.59. The summed E-state index contributed by atoms with van der Waals surface area (Å²) in [6.45, 7) is 0. The van der Waals surface area contributed by atoms with E-state index in [1.807, 2.05) is 0 Å². The van der Waals surface area contributed by atoms with E-state index in [0.29, 0.717) is 0 Å². The third-order valence-electron chi connectivity index (χ3n) is 2.67. The fourth-order valence-corrected chi connectivity index (χ4v) is 2.61. The summed E-state index contributed by atoms with van der Waals surface area (Å²) in [6, 6.07) is 0. The highest BCUT2D eigenvalue weighted by atomic mass is 79.9. The van der Waals surface area contributed by atoms with Crippen LogP contribution in [0.5, 0.6) is 0 Å². The molecule has 1 heterocycles. The SMILES string of the molecule is O=C1OC2(CCCCC2)C1Br. The normalized spacial score (nSPS) is 34.6. The molecule has 11 heavy (non-hydrogen) atoms. The Morgan fingerprint density at radius 1 is 1.36 bits per heavy atom. The number of hydrogen-bond donors (Lipinski definition) is 0. The lowest BCUT2D eigenvalue weighted by atomic mass is 9.79. The van der Waals surface area contributed by atoms with Gasteiger partial charge in [0.1, 0.15) is 5.60 Å². The summed E-state index contributed by atoms with van der Waals surface area (Å²) in [6.07, 6.45) is 5.80. The van der Waals surface area contributed by atoms with E-state index >= 15 is 0 Å². The van der Waals surface area contributed by atoms with Crippen LogP contribution in [-0.2, 0) is 9.53 Å². The van der Waals surface area contributed by atoms with Crippen LogP contribution in [0.15, 0.2) is 0 Å². The molecule has 0 bridgehead atoms. The highest BCUT2D eigenvalue weighted by Crippen LogP contribution is 2.44. The molecule has 1 saturated heterocycles. The minimum atomic E-state index is -0.102. The zero-order valence-electron chi connectivity index (χ0n) is 6.31. The first-order valence-electron chi connectivity index (χ1n) is 4.12. The number of ether oxygens (including phenoxy) is 1. The molecule has 62 valence electrons. The lowest BCUT2D eigenvalue weighted by Crippen LogP contribution is -2.59. The second-order valence-electron chi connectivity index (χ2n) is 3.41. The van der Waals surface area contributed by atoms with Crippen molar-refractivity contribution in [2.75, 3.05) is 0 Å². The Kier molecular flexibility index (Phi) is 1.71. The highest BCUT2D eigenvalue weighted by Gasteiger charge is 2.55. The van der Waals surface area contributed by atoms with Crippen LogP contribution in [0.1, 0.15) is 32.1 Å². The summed E-state index contributed by atoms with van der Waals surface area (Å²) >= 11 is 3.37. The van der Waals surface area contributed by atoms with E-state index in [9.17, 15) is 4.79 Å². The van der Waals surface area contributed by atoms with Crippen LogP contribution >= 0.6 is 15.9 Å². The summed E-state index contributed by atoms with van der Waals surface area (Å²) in [7, 11) is 0. The van der Waals surface area contributed by atoms with Gasteiger partial charge in [-0.25, -0.2) is 0 Å². The van der Waals surface area contributed by atoms with Crippen molar-refractivity contribution in [3.05, 3.63) is 0 Å². The van der Waals surface area contributed by atoms with Gasteiger partial charge in [0.2, 0.25) is 0 Å². The third-order valence-corrected chi connectivity index (χ3v) is 3.88. The maximum atomic E-state index is 10.8. The predicted molar refractivity (Wildman–Crippen MR) is 44.6 cm³/mol. The van der Waals surface area contributed by atoms with Gasteiger partial charge in [-0.05, 0) is 25.7 Å². The van der Waals surface area contributed by atoms with Crippen molar-refractivity contribution in [2.45, 2.75) is 42.5 Å². The lowest BCUT2D eigenvalue weighted by Gasteiger charge is -2.47. The lowest BCUT2D eigenvalue weighted by molar-refractivity contribution is -0.193. The number of alkyl halides is 1. The molecule has 0 radical (unpaired) electrons. The zero-order valence-corrected chi connectivity index (χ0v) is 7.89. The van der Waals surface area contributed by atoms with Crippen LogP contribution < -0.4 is 0 Å². The molecule has 2 rings (SSSR count). The molecule has 1 atom stereocenters. The molecule has 1 aliphatic carbocycles. The van der Waals surface area contributed by atoms with Gasteiger partial charge in [0.25, 0.3) is 0 Å². The smallest absolute Gasteiger partial charge is 0.324 e. The van der Waals surface area contributed by atoms with Gasteiger partial charge >= 0.3 is 5.97 Å². The van der Waals surface area contributed by atoms with Crippen molar-refractivity contribution in [3.8, 4) is 0 Å². The zero-order chi connectivity index (χ0) is 7.90. The number of halogens is 1. The van der Waals surface area contributed by atoms with Crippen molar-refractivity contribution in [3.63, 3.8) is 0 Å². The monoisotopic (exact) mass is 218 g/mol. The quantitative estimate of drug-likeness (QED) is 0.460. The summed E-state index contributed by atoms with van der Waals surface area (Å²) in [5, 5.41) is 0. The van der Waals surface area contributed by atoms with Crippen LogP contribution in [0, 0.1) is 0 Å². The Morgan fingerprint density at radius 3 is 2.45 bits per heavy atom. The van der Waals surface area contributed by atoms with Crippen molar-refractivity contribution in [1.82, 2.24) is 0 Å². The highest BCUT2D eigenvalue weighted by molar-refractivity contribution is 9.10. The minimum absolute atomic E-state index is 0.0182. The Labute approximate surface area is 74.4 Å². The molecule has 0 N–H and O–H groups in total. The number of hydrogen-bond acceptors (Lipinski definition) is 2. The molecule has 3 heteroatoms. The molecule has 2 aliphatic rings. The molecule has 2 nitrogen and oxygen atoms in total. The number of carbonyl (C=O) groups is 1. The fraction of sp³-hybridized carbons (Fsp3) is 0.875. The van der Waals surface area contributed by atoms with E-state index in [-0.39, 0.29) is 16.4 Å². The first-order valence-corrected chi connectivity index (χ1v) is 5.03. The van der Waals surface area contributed by atoms with Crippen LogP contribution in [0.25, 0.3) is 0 Å². The first-order chi connectivity index (χ1) is 5.25. The molecule has 1 saturated carbocycles. The van der Waals surface area contributed by atoms with Crippen molar-refractivity contribution < 1.29 is 9.53 Å². The van der Waals surface area contributed by atoms with Crippen molar-refractivity contribution in [2.24, 2.45) is 0 Å². The van der Waals surface area contributed by atoms with Crippen molar-refractivity contribution >= 4 is 21.9 Å². The third kappa shape index (κ3) is 1.01. The second kappa shape index (κ2) is 2.47. The molecule has 0 aromatic carbocycles. The molecular weight excluding hydrogens is 208 g/mol. The fourth-order valence-electron chi connectivity index (χ4n) is 1.97. The topological polar surface area (TPSA) is 26.3 Å². The van der Waals surface area contributed by atoms with Gasteiger partial charge in [-0.3, -0.25) is 4.79 Å². The van der Waals surface area contributed by atoms with Crippen LogP contribution in [0.3, 0.4) is 0 Å². The predicted octanol–water partition coefficient (Wildman–Crippen LogP) is 2.01. The van der Waals surface area contributed by atoms with E-state index in [1.165, 1.54) is 19.3 Å². The van der Waals surface area contributed by atoms with Crippen LogP contribution in [-0.4, -0.2) is 16.4 Å². The Hall–Kier alpha value is -0.0500. The maximum Gasteiger partial charge on any atom is 0.324 e. The molecule has 1 unspecified atom stereocenters. The molecule has 0 amide bonds. The number of rotatable bonds is 0. The van der Waals surface area contributed by atoms with Crippen molar-refractivity contribution in [1.29, 1.82) is 0 Å². The van der Waals surface area contributed by atoms with Gasteiger partial charge in [0.05, 0.1) is 0 Å². The van der Waals surface area contributed by atoms with Crippen LogP contribution in [0.2, 0.25) is 0 Å². The molecule has 2 fully saturated rings. The summed E-state index contributed by atoms with van der Waals surface area (Å²) in [5.41, 5.74) is -0.102. The summed E-state index contributed by atoms with van der Waals surface area (Å²) in [4.78, 5) is 10.8. The van der Waals surface area contributed by atoms with Gasteiger partial charge in [-0.1, -0.05) is 22.4 Å². The largest absolute Gasteiger partial charge is 0.456 e. The second-order valence-corrected chi connectivity index (χ2v) is 4.32. The van der Waals surface area contributed by atoms with Gasteiger partial charge in [-0.15, -0.1) is 0 Å². The van der Waals surface area contributed by atoms with Gasteiger partial charge in [0, 0.05) is 0 Å². The molecule has 0 aromatic heterocycles. The van der Waals surface area contributed by atoms with Gasteiger partial charge < -0.3 is 4.74 Å². The van der Waals surface area contributed by atoms with E-state index in [1.54, 1.807) is 0 Å².